The summed E-state index contributed by atoms with van der Waals surface area (Å²) in [5.74, 6) is 0.650. The van der Waals surface area contributed by atoms with Gasteiger partial charge >= 0.3 is 0 Å². The Morgan fingerprint density at radius 3 is 2.65 bits per heavy atom. The highest BCUT2D eigenvalue weighted by Crippen LogP contribution is 2.45. The summed E-state index contributed by atoms with van der Waals surface area (Å²) in [4.78, 5) is 9.63. The fraction of sp³-hybridized carbons (Fsp3) is 0.571. The molecule has 0 bridgehead atoms. The molecule has 3 heterocycles. The summed E-state index contributed by atoms with van der Waals surface area (Å²) >= 11 is 1.66. The van der Waals surface area contributed by atoms with Crippen molar-refractivity contribution in [3.63, 3.8) is 0 Å². The molecule has 140 valence electrons. The van der Waals surface area contributed by atoms with Crippen molar-refractivity contribution in [2.75, 3.05) is 37.6 Å². The van der Waals surface area contributed by atoms with Gasteiger partial charge in [-0.05, 0) is 42.7 Å². The molecule has 2 aromatic rings. The standard InChI is InChI=1S/C21H29N3OS/c1-2-23-13-18(17-6-4-3-5-7-17)12-21(16-23)8-10-24(11-9-21)20-22-19(14-25)15-26-20/h3-7,15,18,25H,2,8-14,16H2,1H3/t18-/m0/s1. The molecule has 1 aromatic heterocycles. The molecule has 4 nitrogen and oxygen atoms in total. The lowest BCUT2D eigenvalue weighted by Crippen LogP contribution is -2.51. The van der Waals surface area contributed by atoms with Crippen LogP contribution in [0.2, 0.25) is 0 Å². The van der Waals surface area contributed by atoms with E-state index in [1.807, 2.05) is 5.38 Å². The summed E-state index contributed by atoms with van der Waals surface area (Å²) in [6.45, 7) is 8.06. The first-order chi connectivity index (χ1) is 12.7. The molecule has 1 aromatic carbocycles. The number of likely N-dealkylation sites (tertiary alicyclic amines) is 1. The molecule has 0 unspecified atom stereocenters. The largest absolute Gasteiger partial charge is 0.390 e. The van der Waals surface area contributed by atoms with Gasteiger partial charge < -0.3 is 14.9 Å². The molecule has 0 saturated carbocycles. The van der Waals surface area contributed by atoms with Crippen LogP contribution in [0.4, 0.5) is 5.13 Å². The molecule has 2 aliphatic heterocycles. The van der Waals surface area contributed by atoms with E-state index in [1.54, 1.807) is 11.3 Å². The number of hydrogen-bond acceptors (Lipinski definition) is 5. The van der Waals surface area contributed by atoms with Gasteiger partial charge in [0.05, 0.1) is 12.3 Å². The number of thiazole rings is 1. The Bertz CT molecular complexity index is 709. The highest BCUT2D eigenvalue weighted by molar-refractivity contribution is 7.13. The van der Waals surface area contributed by atoms with Gasteiger partial charge in [-0.3, -0.25) is 0 Å². The zero-order valence-corrected chi connectivity index (χ0v) is 16.4. The second-order valence-corrected chi connectivity index (χ2v) is 8.74. The molecule has 2 fully saturated rings. The van der Waals surface area contributed by atoms with Crippen LogP contribution in [0.1, 0.15) is 43.4 Å². The van der Waals surface area contributed by atoms with Crippen LogP contribution in [-0.2, 0) is 6.61 Å². The topological polar surface area (TPSA) is 39.6 Å². The van der Waals surface area contributed by atoms with Gasteiger partial charge in [0, 0.05) is 31.6 Å². The zero-order valence-electron chi connectivity index (χ0n) is 15.6. The molecule has 4 rings (SSSR count). The lowest BCUT2D eigenvalue weighted by atomic mass is 9.68. The van der Waals surface area contributed by atoms with Gasteiger partial charge in [0.15, 0.2) is 5.13 Å². The zero-order chi connectivity index (χ0) is 18.0. The van der Waals surface area contributed by atoms with Crippen LogP contribution in [0.25, 0.3) is 0 Å². The van der Waals surface area contributed by atoms with E-state index in [4.69, 9.17) is 0 Å². The Balaban J connectivity index is 1.47. The summed E-state index contributed by atoms with van der Waals surface area (Å²) in [6.07, 6.45) is 3.78. The molecule has 2 saturated heterocycles. The Labute approximate surface area is 160 Å². The molecule has 1 atom stereocenters. The Morgan fingerprint density at radius 1 is 1.23 bits per heavy atom. The van der Waals surface area contributed by atoms with Crippen molar-refractivity contribution in [3.05, 3.63) is 47.0 Å². The Hall–Kier alpha value is -1.43. The number of aliphatic hydroxyl groups is 1. The number of benzene rings is 1. The molecule has 0 aliphatic carbocycles. The van der Waals surface area contributed by atoms with E-state index >= 15 is 0 Å². The second kappa shape index (κ2) is 7.67. The summed E-state index contributed by atoms with van der Waals surface area (Å²) < 4.78 is 0. The minimum absolute atomic E-state index is 0.0402. The molecule has 1 N–H and O–H groups in total. The van der Waals surface area contributed by atoms with Gasteiger partial charge in [0.1, 0.15) is 0 Å². The number of anilines is 1. The van der Waals surface area contributed by atoms with Crippen LogP contribution in [0.3, 0.4) is 0 Å². The smallest absolute Gasteiger partial charge is 0.185 e. The van der Waals surface area contributed by atoms with E-state index in [2.05, 4.69) is 52.0 Å². The van der Waals surface area contributed by atoms with E-state index in [0.717, 1.165) is 30.5 Å². The number of aliphatic hydroxyl groups excluding tert-OH is 1. The third kappa shape index (κ3) is 3.66. The summed E-state index contributed by atoms with van der Waals surface area (Å²) in [6, 6.07) is 11.1. The van der Waals surface area contributed by atoms with E-state index in [-0.39, 0.29) is 6.61 Å². The van der Waals surface area contributed by atoms with Crippen molar-refractivity contribution in [2.45, 2.75) is 38.7 Å². The molecule has 2 aliphatic rings. The number of rotatable bonds is 4. The molecule has 0 radical (unpaired) electrons. The van der Waals surface area contributed by atoms with Gasteiger partial charge in [-0.2, -0.15) is 0 Å². The fourth-order valence-corrected chi connectivity index (χ4v) is 5.61. The molecule has 0 amide bonds. The maximum atomic E-state index is 9.26. The van der Waals surface area contributed by atoms with E-state index in [0.29, 0.717) is 11.3 Å². The third-order valence-electron chi connectivity index (χ3n) is 6.23. The second-order valence-electron chi connectivity index (χ2n) is 7.91. The van der Waals surface area contributed by atoms with Crippen LogP contribution in [0.15, 0.2) is 35.7 Å². The van der Waals surface area contributed by atoms with Gasteiger partial charge in [-0.1, -0.05) is 37.3 Å². The molecule has 1 spiro atoms. The molecule has 26 heavy (non-hydrogen) atoms. The lowest BCUT2D eigenvalue weighted by Gasteiger charge is -2.50. The normalized spacial score (nSPS) is 23.5. The minimum atomic E-state index is 0.0402. The van der Waals surface area contributed by atoms with Gasteiger partial charge in [0.2, 0.25) is 0 Å². The maximum absolute atomic E-state index is 9.26. The average Bonchev–Trinajstić information content (AvgIpc) is 3.18. The first kappa shape index (κ1) is 18.0. The summed E-state index contributed by atoms with van der Waals surface area (Å²) in [5.41, 5.74) is 2.73. The number of nitrogens with zero attached hydrogens (tertiary/aromatic N) is 3. The first-order valence-corrected chi connectivity index (χ1v) is 10.7. The maximum Gasteiger partial charge on any atom is 0.185 e. The Morgan fingerprint density at radius 2 is 2.00 bits per heavy atom. The number of likely N-dealkylation sites (N-methyl/N-ethyl adjacent to an activating group) is 1. The monoisotopic (exact) mass is 371 g/mol. The SMILES string of the molecule is CCN1C[C@@H](c2ccccc2)CC2(CCN(c3nc(CO)cs3)CC2)C1. The lowest BCUT2D eigenvalue weighted by molar-refractivity contribution is 0.0544. The van der Waals surface area contributed by atoms with Crippen LogP contribution in [0, 0.1) is 5.41 Å². The third-order valence-corrected chi connectivity index (χ3v) is 7.18. The number of hydrogen-bond donors (Lipinski definition) is 1. The van der Waals surface area contributed by atoms with Gasteiger partial charge in [-0.15, -0.1) is 11.3 Å². The predicted octanol–water partition coefficient (Wildman–Crippen LogP) is 3.73. The number of aromatic nitrogens is 1. The van der Waals surface area contributed by atoms with Crippen molar-refractivity contribution in [2.24, 2.45) is 5.41 Å². The molecular formula is C21H29N3OS. The predicted molar refractivity (Wildman–Crippen MR) is 108 cm³/mol. The minimum Gasteiger partial charge on any atom is -0.390 e. The highest BCUT2D eigenvalue weighted by atomic mass is 32.1. The fourth-order valence-electron chi connectivity index (χ4n) is 4.74. The van der Waals surface area contributed by atoms with Crippen LogP contribution in [0.5, 0.6) is 0 Å². The highest BCUT2D eigenvalue weighted by Gasteiger charge is 2.42. The Kier molecular flexibility index (Phi) is 5.30. The molecular weight excluding hydrogens is 342 g/mol. The quantitative estimate of drug-likeness (QED) is 0.889. The van der Waals surface area contributed by atoms with Crippen LogP contribution >= 0.6 is 11.3 Å². The average molecular weight is 372 g/mol. The van der Waals surface area contributed by atoms with E-state index in [1.165, 1.54) is 37.9 Å². The van der Waals surface area contributed by atoms with Crippen molar-refractivity contribution >= 4 is 16.5 Å². The number of piperidine rings is 2. The van der Waals surface area contributed by atoms with E-state index < -0.39 is 0 Å². The van der Waals surface area contributed by atoms with Crippen LogP contribution in [-0.4, -0.2) is 47.7 Å². The van der Waals surface area contributed by atoms with E-state index in [9.17, 15) is 5.11 Å². The van der Waals surface area contributed by atoms with Crippen molar-refractivity contribution < 1.29 is 5.11 Å². The molecule has 5 heteroatoms. The summed E-state index contributed by atoms with van der Waals surface area (Å²) in [5, 5.41) is 12.3. The van der Waals surface area contributed by atoms with Gasteiger partial charge in [-0.25, -0.2) is 4.98 Å². The van der Waals surface area contributed by atoms with Crippen molar-refractivity contribution in [1.29, 1.82) is 0 Å². The van der Waals surface area contributed by atoms with Gasteiger partial charge in [0.25, 0.3) is 0 Å². The van der Waals surface area contributed by atoms with Crippen molar-refractivity contribution in [1.82, 2.24) is 9.88 Å². The van der Waals surface area contributed by atoms with Crippen LogP contribution < -0.4 is 4.90 Å². The first-order valence-electron chi connectivity index (χ1n) is 9.79. The summed E-state index contributed by atoms with van der Waals surface area (Å²) in [7, 11) is 0. The van der Waals surface area contributed by atoms with Crippen molar-refractivity contribution in [3.8, 4) is 0 Å².